The molecule has 1 rings (SSSR count). The van der Waals surface area contributed by atoms with Gasteiger partial charge in [-0.15, -0.1) is 0 Å². The minimum atomic E-state index is 0.241. The number of aryl methyl sites for hydroxylation is 1. The van der Waals surface area contributed by atoms with Crippen LogP contribution in [0.2, 0.25) is 0 Å². The molecule has 0 fully saturated rings. The Morgan fingerprint density at radius 3 is 2.62 bits per heavy atom. The minimum Gasteiger partial charge on any atom is -0.508 e. The van der Waals surface area contributed by atoms with E-state index in [-0.39, 0.29) is 5.75 Å². The first-order valence-corrected chi connectivity index (χ1v) is 4.67. The summed E-state index contributed by atoms with van der Waals surface area (Å²) in [6.45, 7) is 4.38. The molecule has 2 heteroatoms. The molecule has 0 atom stereocenters. The highest BCUT2D eigenvalue weighted by Crippen LogP contribution is 2.20. The van der Waals surface area contributed by atoms with E-state index in [0.29, 0.717) is 11.6 Å². The molecule has 0 aliphatic heterocycles. The lowest BCUT2D eigenvalue weighted by Gasteiger charge is -2.07. The molecule has 0 aliphatic rings. The van der Waals surface area contributed by atoms with E-state index in [9.17, 15) is 0 Å². The number of rotatable bonds is 3. The van der Waals surface area contributed by atoms with Crippen molar-refractivity contribution in [2.75, 3.05) is 5.73 Å². The number of nitrogen functional groups attached to an aromatic ring is 1. The molecular formula is C11H17NO. The predicted octanol–water partition coefficient (Wildman–Crippen LogP) is 2.56. The first-order chi connectivity index (χ1) is 6.09. The molecule has 1 aromatic rings. The average Bonchev–Trinajstić information content (AvgIpc) is 2.02. The van der Waals surface area contributed by atoms with Crippen LogP contribution in [0.3, 0.4) is 0 Å². The summed E-state index contributed by atoms with van der Waals surface area (Å²) in [6, 6.07) is 5.19. The smallest absolute Gasteiger partial charge is 0.117 e. The molecule has 0 bridgehead atoms. The van der Waals surface area contributed by atoms with Crippen LogP contribution in [0.15, 0.2) is 18.2 Å². The van der Waals surface area contributed by atoms with Crippen LogP contribution in [0.1, 0.15) is 25.8 Å². The van der Waals surface area contributed by atoms with Gasteiger partial charge in [0.1, 0.15) is 5.75 Å². The van der Waals surface area contributed by atoms with Gasteiger partial charge in [-0.05, 0) is 30.4 Å². The van der Waals surface area contributed by atoms with E-state index >= 15 is 0 Å². The third-order valence-electron chi connectivity index (χ3n) is 2.12. The normalized spacial score (nSPS) is 10.7. The van der Waals surface area contributed by atoms with Crippen LogP contribution >= 0.6 is 0 Å². The highest BCUT2D eigenvalue weighted by atomic mass is 16.3. The lowest BCUT2D eigenvalue weighted by atomic mass is 10.0. The Labute approximate surface area is 79.4 Å². The third kappa shape index (κ3) is 2.98. The fourth-order valence-corrected chi connectivity index (χ4v) is 1.25. The molecule has 0 amide bonds. The Morgan fingerprint density at radius 2 is 2.08 bits per heavy atom. The highest BCUT2D eigenvalue weighted by Gasteiger charge is 2.01. The third-order valence-corrected chi connectivity index (χ3v) is 2.12. The maximum absolute atomic E-state index is 9.13. The number of aromatic hydroxyl groups is 1. The highest BCUT2D eigenvalue weighted by molar-refractivity contribution is 5.50. The summed E-state index contributed by atoms with van der Waals surface area (Å²) in [5.41, 5.74) is 7.57. The molecule has 0 radical (unpaired) electrons. The van der Waals surface area contributed by atoms with Gasteiger partial charge < -0.3 is 10.8 Å². The van der Waals surface area contributed by atoms with Crippen LogP contribution in [0, 0.1) is 5.92 Å². The number of phenolic OH excluding ortho intramolecular Hbond substituents is 1. The lowest BCUT2D eigenvalue weighted by molar-refractivity contribution is 0.475. The van der Waals surface area contributed by atoms with Gasteiger partial charge in [-0.25, -0.2) is 0 Å². The van der Waals surface area contributed by atoms with E-state index in [0.717, 1.165) is 18.4 Å². The number of benzene rings is 1. The van der Waals surface area contributed by atoms with Crippen molar-refractivity contribution in [3.63, 3.8) is 0 Å². The molecule has 0 heterocycles. The van der Waals surface area contributed by atoms with Crippen molar-refractivity contribution in [1.29, 1.82) is 0 Å². The van der Waals surface area contributed by atoms with Crippen molar-refractivity contribution < 1.29 is 5.11 Å². The minimum absolute atomic E-state index is 0.241. The second-order valence-corrected chi connectivity index (χ2v) is 3.82. The summed E-state index contributed by atoms with van der Waals surface area (Å²) >= 11 is 0. The van der Waals surface area contributed by atoms with Crippen LogP contribution in [0.5, 0.6) is 5.75 Å². The van der Waals surface area contributed by atoms with Crippen molar-refractivity contribution in [2.45, 2.75) is 26.7 Å². The standard InChI is InChI=1S/C11H17NO/c1-8(2)3-4-9-5-6-10(13)7-11(9)12/h5-8,13H,3-4,12H2,1-2H3. The summed E-state index contributed by atoms with van der Waals surface area (Å²) in [7, 11) is 0. The average molecular weight is 179 g/mol. The molecule has 13 heavy (non-hydrogen) atoms. The van der Waals surface area contributed by atoms with Gasteiger partial charge in [0.05, 0.1) is 0 Å². The Kier molecular flexibility index (Phi) is 3.18. The molecule has 0 aliphatic carbocycles. The lowest BCUT2D eigenvalue weighted by Crippen LogP contribution is -1.97. The fourth-order valence-electron chi connectivity index (χ4n) is 1.25. The van der Waals surface area contributed by atoms with E-state index < -0.39 is 0 Å². The summed E-state index contributed by atoms with van der Waals surface area (Å²) in [6.07, 6.45) is 2.12. The summed E-state index contributed by atoms with van der Waals surface area (Å²) in [4.78, 5) is 0. The van der Waals surface area contributed by atoms with Crippen LogP contribution in [0.25, 0.3) is 0 Å². The molecule has 0 saturated heterocycles. The number of nitrogens with two attached hydrogens (primary N) is 1. The topological polar surface area (TPSA) is 46.2 Å². The largest absolute Gasteiger partial charge is 0.508 e. The van der Waals surface area contributed by atoms with Crippen molar-refractivity contribution in [3.05, 3.63) is 23.8 Å². The maximum Gasteiger partial charge on any atom is 0.117 e. The first kappa shape index (κ1) is 9.90. The van der Waals surface area contributed by atoms with Crippen LogP contribution in [-0.4, -0.2) is 5.11 Å². The second kappa shape index (κ2) is 4.17. The van der Waals surface area contributed by atoms with Gasteiger partial charge in [0, 0.05) is 11.8 Å². The van der Waals surface area contributed by atoms with Gasteiger partial charge in [0.25, 0.3) is 0 Å². The molecule has 1 aromatic carbocycles. The van der Waals surface area contributed by atoms with E-state index in [1.54, 1.807) is 12.1 Å². The molecular weight excluding hydrogens is 162 g/mol. The second-order valence-electron chi connectivity index (χ2n) is 3.82. The molecule has 72 valence electrons. The zero-order valence-electron chi connectivity index (χ0n) is 8.25. The van der Waals surface area contributed by atoms with Crippen molar-refractivity contribution in [3.8, 4) is 5.75 Å². The van der Waals surface area contributed by atoms with Gasteiger partial charge in [-0.3, -0.25) is 0 Å². The van der Waals surface area contributed by atoms with Gasteiger partial charge in [0.15, 0.2) is 0 Å². The van der Waals surface area contributed by atoms with E-state index in [2.05, 4.69) is 13.8 Å². The van der Waals surface area contributed by atoms with E-state index in [4.69, 9.17) is 10.8 Å². The number of hydrogen-bond acceptors (Lipinski definition) is 2. The predicted molar refractivity (Wildman–Crippen MR) is 55.7 cm³/mol. The van der Waals surface area contributed by atoms with E-state index in [1.807, 2.05) is 6.07 Å². The van der Waals surface area contributed by atoms with Crippen molar-refractivity contribution in [2.24, 2.45) is 5.92 Å². The summed E-state index contributed by atoms with van der Waals surface area (Å²) in [5.74, 6) is 0.930. The first-order valence-electron chi connectivity index (χ1n) is 4.67. The van der Waals surface area contributed by atoms with Crippen LogP contribution in [-0.2, 0) is 6.42 Å². The van der Waals surface area contributed by atoms with E-state index in [1.165, 1.54) is 0 Å². The Morgan fingerprint density at radius 1 is 1.38 bits per heavy atom. The Bertz CT molecular complexity index is 281. The molecule has 0 saturated carbocycles. The Hall–Kier alpha value is -1.18. The fraction of sp³-hybridized carbons (Fsp3) is 0.455. The number of anilines is 1. The quantitative estimate of drug-likeness (QED) is 0.700. The van der Waals surface area contributed by atoms with Gasteiger partial charge in [-0.1, -0.05) is 19.9 Å². The zero-order chi connectivity index (χ0) is 9.84. The number of hydrogen-bond donors (Lipinski definition) is 2. The molecule has 0 aromatic heterocycles. The summed E-state index contributed by atoms with van der Waals surface area (Å²) < 4.78 is 0. The SMILES string of the molecule is CC(C)CCc1ccc(O)cc1N. The van der Waals surface area contributed by atoms with Gasteiger partial charge in [0.2, 0.25) is 0 Å². The molecule has 3 N–H and O–H groups in total. The van der Waals surface area contributed by atoms with Crippen LogP contribution in [0.4, 0.5) is 5.69 Å². The van der Waals surface area contributed by atoms with Crippen LogP contribution < -0.4 is 5.73 Å². The van der Waals surface area contributed by atoms with Gasteiger partial charge in [-0.2, -0.15) is 0 Å². The molecule has 0 spiro atoms. The zero-order valence-corrected chi connectivity index (χ0v) is 8.25. The maximum atomic E-state index is 9.13. The monoisotopic (exact) mass is 179 g/mol. The van der Waals surface area contributed by atoms with Crippen molar-refractivity contribution in [1.82, 2.24) is 0 Å². The molecule has 2 nitrogen and oxygen atoms in total. The van der Waals surface area contributed by atoms with Crippen molar-refractivity contribution >= 4 is 5.69 Å². The number of phenols is 1. The van der Waals surface area contributed by atoms with Gasteiger partial charge >= 0.3 is 0 Å². The Balaban J connectivity index is 2.67. The summed E-state index contributed by atoms with van der Waals surface area (Å²) in [5, 5.41) is 9.13. The molecule has 0 unspecified atom stereocenters.